The molecule has 0 aromatic heterocycles. The van der Waals surface area contributed by atoms with E-state index in [2.05, 4.69) is 5.16 Å². The minimum absolute atomic E-state index is 0.650. The largest absolute Gasteiger partial charge is 0.399 e. The highest BCUT2D eigenvalue weighted by molar-refractivity contribution is 6.30. The second-order valence-electron chi connectivity index (χ2n) is 3.84. The Bertz CT molecular complexity index is 547. The van der Waals surface area contributed by atoms with Gasteiger partial charge in [0.1, 0.15) is 0 Å². The summed E-state index contributed by atoms with van der Waals surface area (Å²) in [4.78, 5) is 5.31. The van der Waals surface area contributed by atoms with Crippen molar-refractivity contribution >= 4 is 23.0 Å². The number of nitrogens with two attached hydrogens (primary N) is 1. The molecule has 0 saturated carbocycles. The van der Waals surface area contributed by atoms with E-state index in [0.717, 1.165) is 11.3 Å². The van der Waals surface area contributed by atoms with E-state index in [1.165, 1.54) is 0 Å². The van der Waals surface area contributed by atoms with Crippen molar-refractivity contribution in [3.8, 4) is 5.75 Å². The summed E-state index contributed by atoms with van der Waals surface area (Å²) in [5.74, 6) is 0.650. The van der Waals surface area contributed by atoms with Crippen LogP contribution in [0.4, 0.5) is 5.69 Å². The van der Waals surface area contributed by atoms with E-state index in [0.29, 0.717) is 16.5 Å². The summed E-state index contributed by atoms with van der Waals surface area (Å²) in [7, 11) is 0. The monoisotopic (exact) mass is 260 g/mol. The van der Waals surface area contributed by atoms with Gasteiger partial charge >= 0.3 is 0 Å². The van der Waals surface area contributed by atoms with Gasteiger partial charge < -0.3 is 10.6 Å². The smallest absolute Gasteiger partial charge is 0.158 e. The molecule has 0 bridgehead atoms. The molecule has 2 aromatic rings. The van der Waals surface area contributed by atoms with Crippen molar-refractivity contribution in [2.24, 2.45) is 5.16 Å². The molecule has 0 unspecified atom stereocenters. The molecule has 0 aliphatic rings. The Kier molecular flexibility index (Phi) is 3.85. The van der Waals surface area contributed by atoms with Crippen LogP contribution in [0.15, 0.2) is 53.7 Å². The summed E-state index contributed by atoms with van der Waals surface area (Å²) in [6.45, 7) is 1.88. The maximum Gasteiger partial charge on any atom is 0.158 e. The van der Waals surface area contributed by atoms with Gasteiger partial charge in [-0.15, -0.1) is 0 Å². The number of nitrogen functional groups attached to an aromatic ring is 1. The highest BCUT2D eigenvalue weighted by Crippen LogP contribution is 2.14. The van der Waals surface area contributed by atoms with Gasteiger partial charge in [0.15, 0.2) is 5.75 Å². The van der Waals surface area contributed by atoms with E-state index in [9.17, 15) is 0 Å². The fourth-order valence-electron chi connectivity index (χ4n) is 1.39. The summed E-state index contributed by atoms with van der Waals surface area (Å²) in [6.07, 6.45) is 0. The van der Waals surface area contributed by atoms with Gasteiger partial charge in [-0.2, -0.15) is 0 Å². The lowest BCUT2D eigenvalue weighted by Crippen LogP contribution is -1.97. The molecule has 0 heterocycles. The first kappa shape index (κ1) is 12.5. The summed E-state index contributed by atoms with van der Waals surface area (Å²) < 4.78 is 0. The molecule has 0 aliphatic heterocycles. The Hall–Kier alpha value is -2.00. The Labute approximate surface area is 111 Å². The van der Waals surface area contributed by atoms with Crippen LogP contribution in [0.1, 0.15) is 12.5 Å². The SMILES string of the molecule is C/C(=N\Oc1ccc(N)cc1)c1ccc(Cl)cc1. The quantitative estimate of drug-likeness (QED) is 0.519. The third kappa shape index (κ3) is 3.25. The Morgan fingerprint density at radius 3 is 2.28 bits per heavy atom. The number of hydrogen-bond donors (Lipinski definition) is 1. The lowest BCUT2D eigenvalue weighted by molar-refractivity contribution is 0.341. The molecule has 18 heavy (non-hydrogen) atoms. The highest BCUT2D eigenvalue weighted by atomic mass is 35.5. The molecule has 4 heteroatoms. The topological polar surface area (TPSA) is 47.6 Å². The zero-order valence-corrected chi connectivity index (χ0v) is 10.7. The van der Waals surface area contributed by atoms with Crippen molar-refractivity contribution in [3.63, 3.8) is 0 Å². The van der Waals surface area contributed by atoms with Gasteiger partial charge in [0.2, 0.25) is 0 Å². The molecule has 2 N–H and O–H groups in total. The van der Waals surface area contributed by atoms with E-state index in [4.69, 9.17) is 22.2 Å². The van der Waals surface area contributed by atoms with E-state index in [1.807, 2.05) is 31.2 Å². The highest BCUT2D eigenvalue weighted by Gasteiger charge is 1.98. The van der Waals surface area contributed by atoms with Crippen molar-refractivity contribution < 1.29 is 4.84 Å². The number of nitrogens with zero attached hydrogens (tertiary/aromatic N) is 1. The van der Waals surface area contributed by atoms with Crippen LogP contribution in [0.3, 0.4) is 0 Å². The van der Waals surface area contributed by atoms with Crippen LogP contribution in [0.25, 0.3) is 0 Å². The van der Waals surface area contributed by atoms with Gasteiger partial charge in [-0.05, 0) is 48.9 Å². The zero-order chi connectivity index (χ0) is 13.0. The van der Waals surface area contributed by atoms with Gasteiger partial charge in [-0.3, -0.25) is 0 Å². The van der Waals surface area contributed by atoms with Crippen molar-refractivity contribution in [2.75, 3.05) is 5.73 Å². The molecule has 2 aromatic carbocycles. The van der Waals surface area contributed by atoms with Crippen molar-refractivity contribution in [1.82, 2.24) is 0 Å². The molecule has 0 amide bonds. The lowest BCUT2D eigenvalue weighted by Gasteiger charge is -2.02. The van der Waals surface area contributed by atoms with Gasteiger partial charge in [-0.25, -0.2) is 0 Å². The molecule has 2 rings (SSSR count). The van der Waals surface area contributed by atoms with Gasteiger partial charge in [0.25, 0.3) is 0 Å². The summed E-state index contributed by atoms with van der Waals surface area (Å²) in [5, 5.41) is 4.76. The van der Waals surface area contributed by atoms with E-state index in [-0.39, 0.29) is 0 Å². The van der Waals surface area contributed by atoms with Gasteiger partial charge in [0.05, 0.1) is 5.71 Å². The van der Waals surface area contributed by atoms with E-state index in [1.54, 1.807) is 24.3 Å². The van der Waals surface area contributed by atoms with Crippen LogP contribution in [0.5, 0.6) is 5.75 Å². The minimum atomic E-state index is 0.650. The van der Waals surface area contributed by atoms with Crippen molar-refractivity contribution in [2.45, 2.75) is 6.92 Å². The standard InChI is InChI=1S/C14H13ClN2O/c1-10(11-2-4-12(15)5-3-11)17-18-14-8-6-13(16)7-9-14/h2-9H,16H2,1H3/b17-10+. The van der Waals surface area contributed by atoms with Gasteiger partial charge in [-0.1, -0.05) is 28.9 Å². The maximum absolute atomic E-state index is 5.82. The molecule has 92 valence electrons. The predicted octanol–water partition coefficient (Wildman–Crippen LogP) is 3.73. The van der Waals surface area contributed by atoms with Crippen molar-refractivity contribution in [3.05, 3.63) is 59.1 Å². The number of halogens is 1. The van der Waals surface area contributed by atoms with Crippen LogP contribution in [0.2, 0.25) is 5.02 Å². The Morgan fingerprint density at radius 1 is 1.06 bits per heavy atom. The number of rotatable bonds is 3. The molecule has 0 radical (unpaired) electrons. The third-order valence-corrected chi connectivity index (χ3v) is 2.68. The van der Waals surface area contributed by atoms with Crippen LogP contribution < -0.4 is 10.6 Å². The average Bonchev–Trinajstić information content (AvgIpc) is 2.38. The van der Waals surface area contributed by atoms with Gasteiger partial charge in [0, 0.05) is 10.7 Å². The second-order valence-corrected chi connectivity index (χ2v) is 4.28. The number of benzene rings is 2. The Balaban J connectivity index is 2.09. The maximum atomic E-state index is 5.82. The predicted molar refractivity (Wildman–Crippen MR) is 75.1 cm³/mol. The van der Waals surface area contributed by atoms with E-state index < -0.39 is 0 Å². The van der Waals surface area contributed by atoms with Crippen LogP contribution in [-0.2, 0) is 0 Å². The minimum Gasteiger partial charge on any atom is -0.399 e. The third-order valence-electron chi connectivity index (χ3n) is 2.43. The molecule has 0 fully saturated rings. The first-order chi connectivity index (χ1) is 8.65. The molecular formula is C14H13ClN2O. The molecule has 3 nitrogen and oxygen atoms in total. The Morgan fingerprint density at radius 2 is 1.67 bits per heavy atom. The fourth-order valence-corrected chi connectivity index (χ4v) is 1.52. The van der Waals surface area contributed by atoms with Crippen LogP contribution >= 0.6 is 11.6 Å². The summed E-state index contributed by atoms with van der Waals surface area (Å²) >= 11 is 5.82. The molecule has 0 atom stereocenters. The molecule has 0 aliphatic carbocycles. The van der Waals surface area contributed by atoms with E-state index >= 15 is 0 Å². The first-order valence-electron chi connectivity index (χ1n) is 5.48. The number of anilines is 1. The molecule has 0 spiro atoms. The zero-order valence-electron chi connectivity index (χ0n) is 9.93. The average molecular weight is 261 g/mol. The fraction of sp³-hybridized carbons (Fsp3) is 0.0714. The number of oxime groups is 1. The second kappa shape index (κ2) is 5.56. The number of hydrogen-bond acceptors (Lipinski definition) is 3. The lowest BCUT2D eigenvalue weighted by atomic mass is 10.1. The molecular weight excluding hydrogens is 248 g/mol. The summed E-state index contributed by atoms with van der Waals surface area (Å²) in [5.41, 5.74) is 8.03. The molecule has 0 saturated heterocycles. The first-order valence-corrected chi connectivity index (χ1v) is 5.86. The van der Waals surface area contributed by atoms with Crippen molar-refractivity contribution in [1.29, 1.82) is 0 Å². The summed E-state index contributed by atoms with van der Waals surface area (Å²) in [6, 6.07) is 14.5. The normalized spacial score (nSPS) is 11.3. The van der Waals surface area contributed by atoms with Crippen LogP contribution in [0, 0.1) is 0 Å². The van der Waals surface area contributed by atoms with Crippen LogP contribution in [-0.4, -0.2) is 5.71 Å².